The predicted molar refractivity (Wildman–Crippen MR) is 82.3 cm³/mol. The highest BCUT2D eigenvalue weighted by atomic mass is 19.1. The van der Waals surface area contributed by atoms with E-state index in [2.05, 4.69) is 26.8 Å². The zero-order valence-corrected chi connectivity index (χ0v) is 13.5. The highest BCUT2D eigenvalue weighted by molar-refractivity contribution is 5.82. The van der Waals surface area contributed by atoms with Gasteiger partial charge in [0.1, 0.15) is 6.17 Å². The van der Waals surface area contributed by atoms with Crippen molar-refractivity contribution in [1.29, 1.82) is 0 Å². The van der Waals surface area contributed by atoms with Crippen LogP contribution in [0.25, 0.3) is 0 Å². The minimum Gasteiger partial charge on any atom is -0.463 e. The molecule has 0 saturated carbocycles. The third-order valence-electron chi connectivity index (χ3n) is 3.25. The summed E-state index contributed by atoms with van der Waals surface area (Å²) in [4.78, 5) is 11.2. The Bertz CT molecular complexity index is 341. The maximum absolute atomic E-state index is 13.9. The van der Waals surface area contributed by atoms with Crippen LogP contribution in [-0.2, 0) is 9.53 Å². The Balaban J connectivity index is 4.05. The molecule has 0 aliphatic carbocycles. The van der Waals surface area contributed by atoms with E-state index in [0.29, 0.717) is 24.5 Å². The number of rotatable bonds is 9. The quantitative estimate of drug-likeness (QED) is 0.338. The molecule has 0 aliphatic heterocycles. The van der Waals surface area contributed by atoms with E-state index in [1.54, 1.807) is 13.8 Å². The summed E-state index contributed by atoms with van der Waals surface area (Å²) in [6.45, 7) is 10.0. The fourth-order valence-electron chi connectivity index (χ4n) is 1.92. The van der Waals surface area contributed by atoms with E-state index in [0.717, 1.165) is 19.3 Å². The number of hydrogen-bond donors (Lipinski definition) is 0. The maximum atomic E-state index is 13.9. The van der Waals surface area contributed by atoms with Crippen LogP contribution in [0, 0.1) is 5.92 Å². The molecule has 0 radical (unpaired) electrons. The Kier molecular flexibility index (Phi) is 10.0. The highest BCUT2D eigenvalue weighted by Crippen LogP contribution is 2.20. The molecule has 0 unspecified atom stereocenters. The molecule has 0 heterocycles. The fourth-order valence-corrected chi connectivity index (χ4v) is 1.92. The van der Waals surface area contributed by atoms with Crippen molar-refractivity contribution in [2.75, 3.05) is 6.61 Å². The Morgan fingerprint density at radius 3 is 2.40 bits per heavy atom. The van der Waals surface area contributed by atoms with E-state index in [-0.39, 0.29) is 0 Å². The zero-order chi connectivity index (χ0) is 15.5. The summed E-state index contributed by atoms with van der Waals surface area (Å²) in [7, 11) is 0. The molecule has 0 spiro atoms. The molecular formula is C17H29FO2. The maximum Gasteiger partial charge on any atom is 0.330 e. The van der Waals surface area contributed by atoms with Gasteiger partial charge in [-0.2, -0.15) is 0 Å². The first-order chi connectivity index (χ1) is 9.36. The van der Waals surface area contributed by atoms with Gasteiger partial charge in [0, 0.05) is 6.08 Å². The second-order valence-electron chi connectivity index (χ2n) is 5.65. The zero-order valence-electron chi connectivity index (χ0n) is 13.5. The molecule has 2 atom stereocenters. The van der Waals surface area contributed by atoms with Gasteiger partial charge >= 0.3 is 5.97 Å². The van der Waals surface area contributed by atoms with Crippen molar-refractivity contribution < 1.29 is 13.9 Å². The lowest BCUT2D eigenvalue weighted by Gasteiger charge is -2.13. The molecule has 0 bridgehead atoms. The van der Waals surface area contributed by atoms with Crippen molar-refractivity contribution >= 4 is 5.97 Å². The summed E-state index contributed by atoms with van der Waals surface area (Å²) < 4.78 is 18.7. The number of esters is 1. The Labute approximate surface area is 123 Å². The van der Waals surface area contributed by atoms with Crippen molar-refractivity contribution in [3.8, 4) is 0 Å². The molecule has 0 N–H and O–H groups in total. The fraction of sp³-hybridized carbons (Fsp3) is 0.706. The topological polar surface area (TPSA) is 26.3 Å². The van der Waals surface area contributed by atoms with E-state index in [1.807, 2.05) is 0 Å². The molecule has 2 nitrogen and oxygen atoms in total. The first-order valence-corrected chi connectivity index (χ1v) is 7.49. The van der Waals surface area contributed by atoms with E-state index in [9.17, 15) is 9.18 Å². The number of halogens is 1. The van der Waals surface area contributed by atoms with Crippen LogP contribution in [0.15, 0.2) is 23.3 Å². The van der Waals surface area contributed by atoms with E-state index >= 15 is 0 Å². The first kappa shape index (κ1) is 18.9. The molecule has 116 valence electrons. The molecule has 3 heteroatoms. The van der Waals surface area contributed by atoms with Crippen LogP contribution in [0.1, 0.15) is 60.3 Å². The van der Waals surface area contributed by atoms with Gasteiger partial charge in [-0.1, -0.05) is 18.6 Å². The largest absolute Gasteiger partial charge is 0.463 e. The Morgan fingerprint density at radius 2 is 1.85 bits per heavy atom. The van der Waals surface area contributed by atoms with Crippen molar-refractivity contribution in [2.24, 2.45) is 5.92 Å². The molecule has 20 heavy (non-hydrogen) atoms. The van der Waals surface area contributed by atoms with Crippen molar-refractivity contribution in [1.82, 2.24) is 0 Å². The molecule has 0 fully saturated rings. The van der Waals surface area contributed by atoms with Gasteiger partial charge in [0.15, 0.2) is 0 Å². The van der Waals surface area contributed by atoms with Gasteiger partial charge in [0.2, 0.25) is 0 Å². The normalized spacial score (nSPS) is 14.6. The minimum absolute atomic E-state index is 0.320. The second-order valence-corrected chi connectivity index (χ2v) is 5.65. The number of allylic oxidation sites excluding steroid dienone is 3. The van der Waals surface area contributed by atoms with E-state index < -0.39 is 12.1 Å². The van der Waals surface area contributed by atoms with Crippen LogP contribution in [0.3, 0.4) is 0 Å². The van der Waals surface area contributed by atoms with E-state index in [1.165, 1.54) is 11.6 Å². The number of carbonyl (C=O) groups excluding carboxylic acids is 1. The third-order valence-corrected chi connectivity index (χ3v) is 3.25. The second kappa shape index (κ2) is 10.6. The summed E-state index contributed by atoms with van der Waals surface area (Å²) in [6, 6.07) is 0. The number of hydrogen-bond acceptors (Lipinski definition) is 2. The van der Waals surface area contributed by atoms with Gasteiger partial charge in [0.25, 0.3) is 0 Å². The minimum atomic E-state index is -1.05. The van der Waals surface area contributed by atoms with Crippen LogP contribution in [0.4, 0.5) is 4.39 Å². The standard InChI is InChI=1S/C17H29FO2/c1-6-20-17(19)12-15(5)16(18)11-10-14(4)9-7-8-13(2)3/h8,12,14,16H,6-7,9-11H2,1-5H3/b15-12-/t14-,16-/m0/s1. The van der Waals surface area contributed by atoms with Crippen LogP contribution in [0.2, 0.25) is 0 Å². The molecule has 0 aromatic heterocycles. The predicted octanol–water partition coefficient (Wildman–Crippen LogP) is 5.00. The van der Waals surface area contributed by atoms with Crippen LogP contribution < -0.4 is 0 Å². The summed E-state index contributed by atoms with van der Waals surface area (Å²) in [5.74, 6) is 0.0449. The van der Waals surface area contributed by atoms with Gasteiger partial charge in [-0.15, -0.1) is 0 Å². The number of carbonyl (C=O) groups is 1. The molecule has 0 aromatic carbocycles. The van der Waals surface area contributed by atoms with Gasteiger partial charge in [-0.25, -0.2) is 9.18 Å². The summed E-state index contributed by atoms with van der Waals surface area (Å²) in [5.41, 5.74) is 1.79. The SMILES string of the molecule is CCOC(=O)/C=C(/C)[C@@H](F)CC[C@@H](C)CCC=C(C)C. The smallest absolute Gasteiger partial charge is 0.330 e. The molecule has 0 aliphatic rings. The van der Waals surface area contributed by atoms with Crippen molar-refractivity contribution in [3.63, 3.8) is 0 Å². The van der Waals surface area contributed by atoms with E-state index in [4.69, 9.17) is 4.74 Å². The molecule has 0 saturated heterocycles. The number of alkyl halides is 1. The van der Waals surface area contributed by atoms with Gasteiger partial charge < -0.3 is 4.74 Å². The van der Waals surface area contributed by atoms with Crippen molar-refractivity contribution in [2.45, 2.75) is 66.5 Å². The Morgan fingerprint density at radius 1 is 1.20 bits per heavy atom. The third kappa shape index (κ3) is 9.76. The lowest BCUT2D eigenvalue weighted by atomic mass is 9.96. The van der Waals surface area contributed by atoms with Crippen LogP contribution >= 0.6 is 0 Å². The van der Waals surface area contributed by atoms with Gasteiger partial charge in [-0.3, -0.25) is 0 Å². The molecule has 0 amide bonds. The van der Waals surface area contributed by atoms with Crippen LogP contribution in [-0.4, -0.2) is 18.7 Å². The average molecular weight is 284 g/mol. The summed E-state index contributed by atoms with van der Waals surface area (Å²) in [5, 5.41) is 0. The first-order valence-electron chi connectivity index (χ1n) is 7.49. The molecule has 0 rings (SSSR count). The average Bonchev–Trinajstić information content (AvgIpc) is 2.35. The van der Waals surface area contributed by atoms with Crippen LogP contribution in [0.5, 0.6) is 0 Å². The lowest BCUT2D eigenvalue weighted by molar-refractivity contribution is -0.137. The lowest BCUT2D eigenvalue weighted by Crippen LogP contribution is -2.08. The summed E-state index contributed by atoms with van der Waals surface area (Å²) >= 11 is 0. The Hall–Kier alpha value is -1.12. The van der Waals surface area contributed by atoms with Gasteiger partial charge in [-0.05, 0) is 64.9 Å². The monoisotopic (exact) mass is 284 g/mol. The number of ether oxygens (including phenoxy) is 1. The van der Waals surface area contributed by atoms with Gasteiger partial charge in [0.05, 0.1) is 6.61 Å². The summed E-state index contributed by atoms with van der Waals surface area (Å²) in [6.07, 6.45) is 5.88. The molecular weight excluding hydrogens is 255 g/mol. The van der Waals surface area contributed by atoms with Crippen molar-refractivity contribution in [3.05, 3.63) is 23.3 Å². The highest BCUT2D eigenvalue weighted by Gasteiger charge is 2.12. The molecule has 0 aromatic rings.